The van der Waals surface area contributed by atoms with Crippen LogP contribution in [0, 0.1) is 6.92 Å². The summed E-state index contributed by atoms with van der Waals surface area (Å²) in [5.41, 5.74) is 2.25. The van der Waals surface area contributed by atoms with E-state index in [1.165, 1.54) is 0 Å². The number of halogens is 1. The van der Waals surface area contributed by atoms with Gasteiger partial charge in [0.2, 0.25) is 0 Å². The second kappa shape index (κ2) is 10.3. The van der Waals surface area contributed by atoms with Gasteiger partial charge in [-0.1, -0.05) is 41.1 Å². The second-order valence-electron chi connectivity index (χ2n) is 8.18. The first kappa shape index (κ1) is 24.0. The molecule has 1 heterocycles. The van der Waals surface area contributed by atoms with Crippen LogP contribution < -0.4 is 4.74 Å². The summed E-state index contributed by atoms with van der Waals surface area (Å²) in [6.07, 6.45) is 0.869. The van der Waals surface area contributed by atoms with E-state index in [4.69, 9.17) is 4.74 Å². The largest absolute Gasteiger partial charge is 0.507 e. The van der Waals surface area contributed by atoms with Crippen molar-refractivity contribution in [3.8, 4) is 5.75 Å². The number of aliphatic hydroxyl groups is 1. The zero-order valence-corrected chi connectivity index (χ0v) is 20.5. The van der Waals surface area contributed by atoms with Crippen LogP contribution in [0.3, 0.4) is 0 Å². The molecular weight excluding hydrogens is 472 g/mol. The summed E-state index contributed by atoms with van der Waals surface area (Å²) in [7, 11) is 3.82. The van der Waals surface area contributed by atoms with Crippen molar-refractivity contribution in [2.75, 3.05) is 33.8 Å². The molecule has 6 nitrogen and oxygen atoms in total. The minimum Gasteiger partial charge on any atom is -0.507 e. The minimum absolute atomic E-state index is 0.100. The van der Waals surface area contributed by atoms with Crippen LogP contribution in [-0.4, -0.2) is 60.4 Å². The summed E-state index contributed by atoms with van der Waals surface area (Å²) < 4.78 is 6.67. The van der Waals surface area contributed by atoms with Crippen LogP contribution in [0.5, 0.6) is 5.75 Å². The highest BCUT2D eigenvalue weighted by molar-refractivity contribution is 9.10. The Balaban J connectivity index is 2.14. The molecule has 7 heteroatoms. The summed E-state index contributed by atoms with van der Waals surface area (Å²) >= 11 is 3.46. The van der Waals surface area contributed by atoms with E-state index < -0.39 is 17.7 Å². The van der Waals surface area contributed by atoms with Gasteiger partial charge in [0.15, 0.2) is 0 Å². The number of Topliss-reactive ketones (excluding diaryl/α,β-unsaturated/α-hetero) is 1. The van der Waals surface area contributed by atoms with Gasteiger partial charge in [-0.15, -0.1) is 0 Å². The number of carbonyl (C=O) groups is 2. The quantitative estimate of drug-likeness (QED) is 0.327. The van der Waals surface area contributed by atoms with Gasteiger partial charge in [0.05, 0.1) is 18.2 Å². The first-order valence-corrected chi connectivity index (χ1v) is 11.5. The highest BCUT2D eigenvalue weighted by atomic mass is 79.9. The number of amides is 1. The van der Waals surface area contributed by atoms with E-state index in [0.29, 0.717) is 31.0 Å². The number of ketones is 1. The van der Waals surface area contributed by atoms with Crippen LogP contribution in [0.2, 0.25) is 0 Å². The van der Waals surface area contributed by atoms with Gasteiger partial charge < -0.3 is 19.6 Å². The number of carbonyl (C=O) groups excluding carboxylic acids is 2. The van der Waals surface area contributed by atoms with Gasteiger partial charge in [0.25, 0.3) is 11.7 Å². The third-order valence-electron chi connectivity index (χ3n) is 5.41. The van der Waals surface area contributed by atoms with E-state index >= 15 is 0 Å². The molecule has 0 aliphatic carbocycles. The van der Waals surface area contributed by atoms with Gasteiger partial charge >= 0.3 is 0 Å². The summed E-state index contributed by atoms with van der Waals surface area (Å²) in [5, 5.41) is 11.2. The molecule has 0 radical (unpaired) electrons. The fourth-order valence-corrected chi connectivity index (χ4v) is 3.95. The lowest BCUT2D eigenvalue weighted by Gasteiger charge is -2.27. The fourth-order valence-electron chi connectivity index (χ4n) is 3.71. The normalized spacial score (nSPS) is 17.9. The Morgan fingerprint density at radius 3 is 2.59 bits per heavy atom. The van der Waals surface area contributed by atoms with Crippen molar-refractivity contribution in [2.45, 2.75) is 26.3 Å². The van der Waals surface area contributed by atoms with Crippen molar-refractivity contribution in [3.63, 3.8) is 0 Å². The van der Waals surface area contributed by atoms with Crippen molar-refractivity contribution in [2.24, 2.45) is 0 Å². The van der Waals surface area contributed by atoms with Crippen LogP contribution in [-0.2, 0) is 9.59 Å². The second-order valence-corrected chi connectivity index (χ2v) is 9.04. The van der Waals surface area contributed by atoms with E-state index in [-0.39, 0.29) is 11.3 Å². The molecule has 170 valence electrons. The van der Waals surface area contributed by atoms with Gasteiger partial charge in [0.1, 0.15) is 11.5 Å². The Labute approximate surface area is 197 Å². The van der Waals surface area contributed by atoms with Gasteiger partial charge in [-0.2, -0.15) is 0 Å². The summed E-state index contributed by atoms with van der Waals surface area (Å²) in [5.74, 6) is -0.781. The maximum absolute atomic E-state index is 13.1. The molecule has 1 saturated heterocycles. The molecule has 1 unspecified atom stereocenters. The number of hydrogen-bond acceptors (Lipinski definition) is 5. The lowest BCUT2D eigenvalue weighted by Crippen LogP contribution is -2.35. The summed E-state index contributed by atoms with van der Waals surface area (Å²) in [6.45, 7) is 5.45. The number of hydrogen-bond donors (Lipinski definition) is 1. The summed E-state index contributed by atoms with van der Waals surface area (Å²) in [6, 6.07) is 12.1. The van der Waals surface area contributed by atoms with Crippen LogP contribution >= 0.6 is 15.9 Å². The lowest BCUT2D eigenvalue weighted by molar-refractivity contribution is -0.140. The lowest BCUT2D eigenvalue weighted by atomic mass is 9.94. The Morgan fingerprint density at radius 2 is 1.94 bits per heavy atom. The molecule has 0 spiro atoms. The van der Waals surface area contributed by atoms with Crippen molar-refractivity contribution in [3.05, 3.63) is 69.2 Å². The number of likely N-dealkylation sites (tertiary alicyclic amines) is 1. The molecule has 2 aromatic carbocycles. The average Bonchev–Trinajstić information content (AvgIpc) is 3.02. The van der Waals surface area contributed by atoms with Gasteiger partial charge in [-0.05, 0) is 62.8 Å². The Hall–Kier alpha value is -2.64. The fraction of sp³-hybridized carbons (Fsp3) is 0.360. The van der Waals surface area contributed by atoms with Crippen LogP contribution in [0.4, 0.5) is 0 Å². The van der Waals surface area contributed by atoms with E-state index in [9.17, 15) is 14.7 Å². The molecule has 1 aliphatic heterocycles. The average molecular weight is 501 g/mol. The predicted octanol–water partition coefficient (Wildman–Crippen LogP) is 4.53. The molecule has 0 saturated carbocycles. The monoisotopic (exact) mass is 500 g/mol. The van der Waals surface area contributed by atoms with Crippen LogP contribution in [0.15, 0.2) is 52.5 Å². The first-order chi connectivity index (χ1) is 15.2. The van der Waals surface area contributed by atoms with Crippen LogP contribution in [0.1, 0.15) is 36.1 Å². The molecular formula is C25H29BrN2O4. The Kier molecular flexibility index (Phi) is 7.74. The number of aliphatic hydroxyl groups excluding tert-OH is 1. The van der Waals surface area contributed by atoms with E-state index in [0.717, 1.165) is 22.0 Å². The molecule has 0 aromatic heterocycles. The Bertz CT molecular complexity index is 1050. The zero-order valence-electron chi connectivity index (χ0n) is 18.9. The highest BCUT2D eigenvalue weighted by Gasteiger charge is 2.46. The third-order valence-corrected chi connectivity index (χ3v) is 6.30. The third kappa shape index (κ3) is 5.05. The molecule has 1 N–H and O–H groups in total. The number of nitrogens with zero attached hydrogens (tertiary/aromatic N) is 2. The van der Waals surface area contributed by atoms with Crippen molar-refractivity contribution >= 4 is 33.4 Å². The highest BCUT2D eigenvalue weighted by Crippen LogP contribution is 2.40. The number of likely N-dealkylation sites (N-methyl/N-ethyl adjacent to an activating group) is 1. The van der Waals surface area contributed by atoms with E-state index in [2.05, 4.69) is 15.9 Å². The molecule has 2 aromatic rings. The first-order valence-electron chi connectivity index (χ1n) is 10.7. The van der Waals surface area contributed by atoms with Gasteiger partial charge in [-0.3, -0.25) is 9.59 Å². The molecule has 1 amide bonds. The minimum atomic E-state index is -0.691. The molecule has 1 aliphatic rings. The van der Waals surface area contributed by atoms with E-state index in [1.807, 2.05) is 63.2 Å². The molecule has 32 heavy (non-hydrogen) atoms. The number of aryl methyl sites for hydroxylation is 1. The number of rotatable bonds is 8. The molecule has 1 atom stereocenters. The molecule has 1 fully saturated rings. The Morgan fingerprint density at radius 1 is 1.19 bits per heavy atom. The molecule has 0 bridgehead atoms. The smallest absolute Gasteiger partial charge is 0.295 e. The predicted molar refractivity (Wildman–Crippen MR) is 129 cm³/mol. The number of ether oxygens (including phenoxy) is 1. The summed E-state index contributed by atoms with van der Waals surface area (Å²) in [4.78, 5) is 29.6. The zero-order chi connectivity index (χ0) is 23.4. The van der Waals surface area contributed by atoms with Gasteiger partial charge in [-0.25, -0.2) is 0 Å². The topological polar surface area (TPSA) is 70.1 Å². The van der Waals surface area contributed by atoms with E-state index in [1.54, 1.807) is 17.0 Å². The molecule has 3 rings (SSSR count). The standard InChI is InChI=1S/C25H29BrN2O4/c1-5-13-32-19-8-6-7-17(15-19)22-21(23(29)18-9-10-20(26)16(2)14-18)24(30)25(31)28(22)12-11-27(3)4/h6-10,14-15,22,29H,5,11-13H2,1-4H3/b23-21-. The van der Waals surface area contributed by atoms with Gasteiger partial charge in [0, 0.05) is 23.1 Å². The van der Waals surface area contributed by atoms with Crippen molar-refractivity contribution in [1.29, 1.82) is 0 Å². The maximum atomic E-state index is 13.1. The number of benzene rings is 2. The van der Waals surface area contributed by atoms with Crippen LogP contribution in [0.25, 0.3) is 5.76 Å². The maximum Gasteiger partial charge on any atom is 0.295 e. The van der Waals surface area contributed by atoms with Crippen molar-refractivity contribution in [1.82, 2.24) is 9.80 Å². The SMILES string of the molecule is CCCOc1cccc(C2/C(=C(/O)c3ccc(Br)c(C)c3)C(=O)C(=O)N2CCN(C)C)c1. The van der Waals surface area contributed by atoms with Crippen molar-refractivity contribution < 1.29 is 19.4 Å².